The largest absolute Gasteiger partial charge is 0.506 e. The van der Waals surface area contributed by atoms with Gasteiger partial charge in [0.1, 0.15) is 5.75 Å². The van der Waals surface area contributed by atoms with Crippen molar-refractivity contribution in [3.63, 3.8) is 0 Å². The summed E-state index contributed by atoms with van der Waals surface area (Å²) in [7, 11) is 0. The van der Waals surface area contributed by atoms with Crippen molar-refractivity contribution < 1.29 is 23.1 Å². The van der Waals surface area contributed by atoms with Crippen LogP contribution < -0.4 is 5.73 Å². The van der Waals surface area contributed by atoms with Crippen LogP contribution in [0.4, 0.5) is 18.9 Å². The fourth-order valence-electron chi connectivity index (χ4n) is 1.21. The zero-order valence-corrected chi connectivity index (χ0v) is 7.72. The summed E-state index contributed by atoms with van der Waals surface area (Å²) < 4.78 is 36.9. The van der Waals surface area contributed by atoms with Crippen molar-refractivity contribution in [3.05, 3.63) is 23.3 Å². The Morgan fingerprint density at radius 1 is 1.40 bits per heavy atom. The van der Waals surface area contributed by atoms with Gasteiger partial charge in [0.15, 0.2) is 5.78 Å². The van der Waals surface area contributed by atoms with E-state index in [1.54, 1.807) is 0 Å². The van der Waals surface area contributed by atoms with Crippen LogP contribution in [0.2, 0.25) is 0 Å². The molecule has 0 radical (unpaired) electrons. The Labute approximate surface area is 83.3 Å². The van der Waals surface area contributed by atoms with E-state index in [0.29, 0.717) is 6.07 Å². The molecular weight excluding hydrogens is 211 g/mol. The second kappa shape index (κ2) is 3.45. The van der Waals surface area contributed by atoms with Gasteiger partial charge in [-0.25, -0.2) is 0 Å². The zero-order chi connectivity index (χ0) is 11.8. The van der Waals surface area contributed by atoms with E-state index in [9.17, 15) is 23.1 Å². The van der Waals surface area contributed by atoms with Crippen LogP contribution in [0.15, 0.2) is 12.1 Å². The Morgan fingerprint density at radius 3 is 2.33 bits per heavy atom. The third-order valence-electron chi connectivity index (χ3n) is 1.87. The van der Waals surface area contributed by atoms with Crippen LogP contribution >= 0.6 is 0 Å². The van der Waals surface area contributed by atoms with Gasteiger partial charge in [-0.3, -0.25) is 4.79 Å². The predicted molar refractivity (Wildman–Crippen MR) is 47.5 cm³/mol. The van der Waals surface area contributed by atoms with Crippen molar-refractivity contribution in [1.82, 2.24) is 0 Å². The van der Waals surface area contributed by atoms with Crippen molar-refractivity contribution >= 4 is 11.5 Å². The number of hydrogen-bond acceptors (Lipinski definition) is 3. The minimum Gasteiger partial charge on any atom is -0.506 e. The summed E-state index contributed by atoms with van der Waals surface area (Å²) >= 11 is 0. The number of carbonyl (C=O) groups is 1. The number of carbonyl (C=O) groups excluding carboxylic acids is 1. The molecule has 0 aromatic heterocycles. The molecule has 3 N–H and O–H groups in total. The van der Waals surface area contributed by atoms with Gasteiger partial charge in [-0.1, -0.05) is 0 Å². The fourth-order valence-corrected chi connectivity index (χ4v) is 1.21. The first-order chi connectivity index (χ1) is 6.75. The normalized spacial score (nSPS) is 11.5. The van der Waals surface area contributed by atoms with E-state index >= 15 is 0 Å². The first-order valence-electron chi connectivity index (χ1n) is 3.94. The highest BCUT2D eigenvalue weighted by molar-refractivity contribution is 6.02. The summed E-state index contributed by atoms with van der Waals surface area (Å²) in [6.45, 7) is 1.03. The van der Waals surface area contributed by atoms with Crippen LogP contribution in [0.1, 0.15) is 22.8 Å². The van der Waals surface area contributed by atoms with E-state index in [1.165, 1.54) is 0 Å². The summed E-state index contributed by atoms with van der Waals surface area (Å²) in [5, 5.41) is 9.25. The molecule has 0 aliphatic carbocycles. The lowest BCUT2D eigenvalue weighted by atomic mass is 10.0. The summed E-state index contributed by atoms with van der Waals surface area (Å²) in [4.78, 5) is 11.0. The number of hydrogen-bond donors (Lipinski definition) is 2. The Hall–Kier alpha value is -1.72. The lowest BCUT2D eigenvalue weighted by molar-refractivity contribution is -0.138. The van der Waals surface area contributed by atoms with Crippen LogP contribution in [0.25, 0.3) is 0 Å². The molecule has 1 rings (SSSR count). The number of nitrogen functional groups attached to an aromatic ring is 1. The number of aromatic hydroxyl groups is 1. The van der Waals surface area contributed by atoms with Crippen LogP contribution in [0, 0.1) is 0 Å². The molecule has 0 bridgehead atoms. The van der Waals surface area contributed by atoms with Crippen LogP contribution in [0.5, 0.6) is 5.75 Å². The number of benzene rings is 1. The average molecular weight is 219 g/mol. The lowest BCUT2D eigenvalue weighted by Crippen LogP contribution is -2.09. The van der Waals surface area contributed by atoms with Gasteiger partial charge >= 0.3 is 6.18 Å². The molecule has 3 nitrogen and oxygen atoms in total. The molecule has 0 unspecified atom stereocenters. The smallest absolute Gasteiger partial charge is 0.419 e. The zero-order valence-electron chi connectivity index (χ0n) is 7.72. The molecule has 6 heteroatoms. The summed E-state index contributed by atoms with van der Waals surface area (Å²) in [6.07, 6.45) is -4.71. The second-order valence-electron chi connectivity index (χ2n) is 2.98. The molecule has 15 heavy (non-hydrogen) atoms. The molecule has 1 aromatic carbocycles. The van der Waals surface area contributed by atoms with Gasteiger partial charge in [-0.15, -0.1) is 0 Å². The monoisotopic (exact) mass is 219 g/mol. The molecule has 0 aliphatic rings. The maximum atomic E-state index is 12.3. The van der Waals surface area contributed by atoms with E-state index in [2.05, 4.69) is 0 Å². The number of anilines is 1. The number of ketones is 1. The highest BCUT2D eigenvalue weighted by Gasteiger charge is 2.35. The minimum atomic E-state index is -4.71. The Kier molecular flexibility index (Phi) is 2.61. The van der Waals surface area contributed by atoms with E-state index in [0.717, 1.165) is 13.0 Å². The quantitative estimate of drug-likeness (QED) is 0.562. The first-order valence-corrected chi connectivity index (χ1v) is 3.94. The molecule has 0 aliphatic heterocycles. The molecule has 0 amide bonds. The SMILES string of the molecule is CC(=O)c1c(N)ccc(C(F)(F)F)c1O. The number of phenols is 1. The molecule has 0 atom stereocenters. The third-order valence-corrected chi connectivity index (χ3v) is 1.87. The van der Waals surface area contributed by atoms with Crippen LogP contribution in [-0.4, -0.2) is 10.9 Å². The van der Waals surface area contributed by atoms with Gasteiger partial charge in [0.25, 0.3) is 0 Å². The molecule has 0 saturated carbocycles. The van der Waals surface area contributed by atoms with Crippen molar-refractivity contribution in [3.8, 4) is 5.75 Å². The predicted octanol–water partition coefficient (Wildman–Crippen LogP) is 2.20. The van der Waals surface area contributed by atoms with E-state index in [4.69, 9.17) is 5.73 Å². The van der Waals surface area contributed by atoms with Crippen molar-refractivity contribution in [2.75, 3.05) is 5.73 Å². The number of nitrogens with two attached hydrogens (primary N) is 1. The van der Waals surface area contributed by atoms with Gasteiger partial charge in [0.05, 0.1) is 11.1 Å². The Balaban J connectivity index is 3.49. The Morgan fingerprint density at radius 2 is 1.93 bits per heavy atom. The molecule has 82 valence electrons. The number of Topliss-reactive ketones (excluding diaryl/α,β-unsaturated/α-hetero) is 1. The molecular formula is C9H8F3NO2. The first kappa shape index (κ1) is 11.4. The van der Waals surface area contributed by atoms with Crippen molar-refractivity contribution in [2.45, 2.75) is 13.1 Å². The van der Waals surface area contributed by atoms with Crippen LogP contribution in [0.3, 0.4) is 0 Å². The van der Waals surface area contributed by atoms with Gasteiger partial charge in [-0.2, -0.15) is 13.2 Å². The van der Waals surface area contributed by atoms with Gasteiger partial charge in [0, 0.05) is 5.69 Å². The molecule has 1 aromatic rings. The van der Waals surface area contributed by atoms with Gasteiger partial charge in [0.2, 0.25) is 0 Å². The number of phenolic OH excluding ortho intramolecular Hbond substituents is 1. The summed E-state index contributed by atoms with van der Waals surface area (Å²) in [6, 6.07) is 1.58. The van der Waals surface area contributed by atoms with Crippen molar-refractivity contribution in [2.24, 2.45) is 0 Å². The third kappa shape index (κ3) is 2.03. The number of rotatable bonds is 1. The van der Waals surface area contributed by atoms with E-state index in [1.807, 2.05) is 0 Å². The average Bonchev–Trinajstić information content (AvgIpc) is 2.00. The van der Waals surface area contributed by atoms with Gasteiger partial charge in [-0.05, 0) is 19.1 Å². The number of halogens is 3. The van der Waals surface area contributed by atoms with E-state index in [-0.39, 0.29) is 5.69 Å². The topological polar surface area (TPSA) is 63.3 Å². The standard InChI is InChI=1S/C9H8F3NO2/c1-4(14)7-6(13)3-2-5(8(7)15)9(10,11)12/h2-3,15H,13H2,1H3. The summed E-state index contributed by atoms with van der Waals surface area (Å²) in [5.41, 5.74) is 3.36. The lowest BCUT2D eigenvalue weighted by Gasteiger charge is -2.12. The molecule has 0 fully saturated rings. The Bertz CT molecular complexity index is 413. The second-order valence-corrected chi connectivity index (χ2v) is 2.98. The summed E-state index contributed by atoms with van der Waals surface area (Å²) in [5.74, 6) is -1.83. The van der Waals surface area contributed by atoms with Crippen LogP contribution in [-0.2, 0) is 6.18 Å². The van der Waals surface area contributed by atoms with Crippen molar-refractivity contribution in [1.29, 1.82) is 0 Å². The molecule has 0 spiro atoms. The minimum absolute atomic E-state index is 0.173. The highest BCUT2D eigenvalue weighted by Crippen LogP contribution is 2.39. The molecule has 0 heterocycles. The van der Waals surface area contributed by atoms with E-state index < -0.39 is 28.8 Å². The maximum Gasteiger partial charge on any atom is 0.419 e. The highest BCUT2D eigenvalue weighted by atomic mass is 19.4. The maximum absolute atomic E-state index is 12.3. The number of alkyl halides is 3. The fraction of sp³-hybridized carbons (Fsp3) is 0.222. The van der Waals surface area contributed by atoms with Gasteiger partial charge < -0.3 is 10.8 Å². The molecule has 0 saturated heterocycles.